The van der Waals surface area contributed by atoms with Gasteiger partial charge in [0.1, 0.15) is 17.7 Å². The van der Waals surface area contributed by atoms with Crippen molar-refractivity contribution in [1.82, 2.24) is 0 Å². The van der Waals surface area contributed by atoms with E-state index < -0.39 is 51.8 Å². The molecular weight excluding hydrogens is 454 g/mol. The molecule has 3 aromatic rings. The summed E-state index contributed by atoms with van der Waals surface area (Å²) in [6, 6.07) is 18.1. The lowest BCUT2D eigenvalue weighted by molar-refractivity contribution is -0.385. The zero-order chi connectivity index (χ0) is 25.1. The Balaban J connectivity index is 1.64. The molecule has 0 N–H and O–H groups in total. The van der Waals surface area contributed by atoms with Crippen LogP contribution in [0.3, 0.4) is 0 Å². The van der Waals surface area contributed by atoms with Gasteiger partial charge in [0.2, 0.25) is 5.78 Å². The summed E-state index contributed by atoms with van der Waals surface area (Å²) < 4.78 is 5.01. The van der Waals surface area contributed by atoms with Crippen molar-refractivity contribution in [2.45, 2.75) is 0 Å². The van der Waals surface area contributed by atoms with Crippen molar-refractivity contribution in [2.75, 3.05) is 18.1 Å². The van der Waals surface area contributed by atoms with Crippen molar-refractivity contribution in [2.24, 2.45) is 0 Å². The van der Waals surface area contributed by atoms with Gasteiger partial charge in [-0.25, -0.2) is 4.79 Å². The van der Waals surface area contributed by atoms with Crippen LogP contribution in [0.5, 0.6) is 0 Å². The predicted molar refractivity (Wildman–Crippen MR) is 121 cm³/mol. The van der Waals surface area contributed by atoms with Gasteiger partial charge in [0.15, 0.2) is 12.4 Å². The van der Waals surface area contributed by atoms with Crippen LogP contribution in [0.4, 0.5) is 11.4 Å². The topological polar surface area (TPSA) is 148 Å². The molecule has 0 heterocycles. The third-order valence-corrected chi connectivity index (χ3v) is 5.39. The summed E-state index contributed by atoms with van der Waals surface area (Å²) in [5.74, 6) is -3.30. The van der Waals surface area contributed by atoms with Gasteiger partial charge in [-0.1, -0.05) is 42.5 Å². The van der Waals surface area contributed by atoms with E-state index in [4.69, 9.17) is 10.00 Å². The van der Waals surface area contributed by atoms with E-state index in [0.29, 0.717) is 5.69 Å². The third-order valence-electron chi connectivity index (χ3n) is 5.39. The number of fused-ring (bicyclic) bond motifs is 2. The number of nitro benzene ring substituents is 1. The standard InChI is InChI=1S/C25H15N3O7/c26-12-13-27(15-6-2-1-3-7-15)20(29)14-35-25(32)19-11-10-18-21(22(19)28(33)34)24(31)17-9-5-4-8-16(17)23(18)30/h1-11H,13-14H2. The molecule has 1 aliphatic rings. The first-order chi connectivity index (χ1) is 16.8. The van der Waals surface area contributed by atoms with Gasteiger partial charge in [-0.2, -0.15) is 5.26 Å². The minimum Gasteiger partial charge on any atom is -0.452 e. The van der Waals surface area contributed by atoms with Crippen LogP contribution in [0.15, 0.2) is 66.7 Å². The van der Waals surface area contributed by atoms with Crippen LogP contribution in [0, 0.1) is 21.4 Å². The Kier molecular flexibility index (Phi) is 6.16. The number of carbonyl (C=O) groups is 4. The summed E-state index contributed by atoms with van der Waals surface area (Å²) in [4.78, 5) is 63.3. The molecule has 0 atom stereocenters. The third kappa shape index (κ3) is 4.14. The van der Waals surface area contributed by atoms with Crippen molar-refractivity contribution in [3.63, 3.8) is 0 Å². The van der Waals surface area contributed by atoms with Gasteiger partial charge in [-0.15, -0.1) is 0 Å². The van der Waals surface area contributed by atoms with Gasteiger partial charge >= 0.3 is 5.97 Å². The zero-order valence-corrected chi connectivity index (χ0v) is 18.0. The lowest BCUT2D eigenvalue weighted by atomic mass is 9.82. The first-order valence-corrected chi connectivity index (χ1v) is 10.2. The summed E-state index contributed by atoms with van der Waals surface area (Å²) >= 11 is 0. The van der Waals surface area contributed by atoms with E-state index in [9.17, 15) is 29.3 Å². The van der Waals surface area contributed by atoms with Gasteiger partial charge < -0.3 is 4.74 Å². The summed E-state index contributed by atoms with van der Waals surface area (Å²) in [5, 5.41) is 20.9. The van der Waals surface area contributed by atoms with Crippen LogP contribution in [-0.2, 0) is 9.53 Å². The summed E-state index contributed by atoms with van der Waals surface area (Å²) in [7, 11) is 0. The molecule has 4 rings (SSSR count). The first-order valence-electron chi connectivity index (χ1n) is 10.2. The molecule has 10 heteroatoms. The van der Waals surface area contributed by atoms with E-state index in [-0.39, 0.29) is 23.2 Å². The highest BCUT2D eigenvalue weighted by molar-refractivity contribution is 6.30. The molecule has 172 valence electrons. The van der Waals surface area contributed by atoms with Crippen LogP contribution >= 0.6 is 0 Å². The van der Waals surface area contributed by atoms with Crippen LogP contribution in [-0.4, -0.2) is 41.5 Å². The molecule has 0 fully saturated rings. The highest BCUT2D eigenvalue weighted by Gasteiger charge is 2.39. The molecular formula is C25H15N3O7. The second-order valence-electron chi connectivity index (χ2n) is 7.39. The number of carbonyl (C=O) groups excluding carboxylic acids is 4. The molecule has 0 saturated carbocycles. The molecule has 0 unspecified atom stereocenters. The number of hydrogen-bond donors (Lipinski definition) is 0. The Bertz CT molecular complexity index is 1440. The minimum atomic E-state index is -1.23. The van der Waals surface area contributed by atoms with E-state index in [1.54, 1.807) is 36.4 Å². The molecule has 35 heavy (non-hydrogen) atoms. The van der Waals surface area contributed by atoms with Crippen molar-refractivity contribution >= 4 is 34.8 Å². The molecule has 0 radical (unpaired) electrons. The maximum absolute atomic E-state index is 13.0. The fourth-order valence-corrected chi connectivity index (χ4v) is 3.81. The number of benzene rings is 3. The van der Waals surface area contributed by atoms with Crippen molar-refractivity contribution in [3.8, 4) is 6.07 Å². The monoisotopic (exact) mass is 469 g/mol. The summed E-state index contributed by atoms with van der Waals surface area (Å²) in [6.45, 7) is -1.12. The summed E-state index contributed by atoms with van der Waals surface area (Å²) in [6.07, 6.45) is 0. The van der Waals surface area contributed by atoms with Gasteiger partial charge in [-0.05, 0) is 24.3 Å². The van der Waals surface area contributed by atoms with Crippen molar-refractivity contribution in [1.29, 1.82) is 5.26 Å². The van der Waals surface area contributed by atoms with Crippen molar-refractivity contribution in [3.05, 3.63) is 105 Å². The van der Waals surface area contributed by atoms with E-state index >= 15 is 0 Å². The lowest BCUT2D eigenvalue weighted by Crippen LogP contribution is -2.35. The molecule has 0 aromatic heterocycles. The molecule has 1 aliphatic carbocycles. The van der Waals surface area contributed by atoms with Gasteiger partial charge in [-0.3, -0.25) is 29.4 Å². The Hall–Kier alpha value is -5.17. The van der Waals surface area contributed by atoms with Gasteiger partial charge in [0.25, 0.3) is 11.6 Å². The van der Waals surface area contributed by atoms with Crippen LogP contribution in [0.2, 0.25) is 0 Å². The van der Waals surface area contributed by atoms with E-state index in [0.717, 1.165) is 17.0 Å². The SMILES string of the molecule is N#CCN(C(=O)COC(=O)c1ccc2c(c1[N+](=O)[O-])C(=O)c1ccccc1C2=O)c1ccccc1. The number of hydrogen-bond acceptors (Lipinski definition) is 8. The molecule has 3 aromatic carbocycles. The summed E-state index contributed by atoms with van der Waals surface area (Å²) in [5.41, 5.74) is -1.65. The number of ether oxygens (including phenoxy) is 1. The number of anilines is 1. The number of nitro groups is 1. The van der Waals surface area contributed by atoms with E-state index in [1.807, 2.05) is 6.07 Å². The van der Waals surface area contributed by atoms with Crippen LogP contribution in [0.25, 0.3) is 0 Å². The van der Waals surface area contributed by atoms with Crippen molar-refractivity contribution < 1.29 is 28.8 Å². The Morgan fingerprint density at radius 3 is 2.17 bits per heavy atom. The average molecular weight is 469 g/mol. The highest BCUT2D eigenvalue weighted by atomic mass is 16.6. The number of amides is 1. The molecule has 0 aliphatic heterocycles. The highest BCUT2D eigenvalue weighted by Crippen LogP contribution is 2.35. The van der Waals surface area contributed by atoms with Crippen LogP contribution in [0.1, 0.15) is 42.2 Å². The number of nitrogens with zero attached hydrogens (tertiary/aromatic N) is 3. The number of ketones is 2. The van der Waals surface area contributed by atoms with Gasteiger partial charge in [0, 0.05) is 22.4 Å². The molecule has 0 spiro atoms. The second kappa shape index (κ2) is 9.36. The average Bonchev–Trinajstić information content (AvgIpc) is 2.88. The number of esters is 1. The molecule has 0 saturated heterocycles. The minimum absolute atomic E-state index is 0.0104. The second-order valence-corrected chi connectivity index (χ2v) is 7.39. The maximum Gasteiger partial charge on any atom is 0.345 e. The number of nitriles is 1. The zero-order valence-electron chi connectivity index (χ0n) is 18.0. The predicted octanol–water partition coefficient (Wildman–Crippen LogP) is 3.08. The Morgan fingerprint density at radius 2 is 1.54 bits per heavy atom. The smallest absolute Gasteiger partial charge is 0.345 e. The maximum atomic E-state index is 13.0. The largest absolute Gasteiger partial charge is 0.452 e. The van der Waals surface area contributed by atoms with E-state index in [2.05, 4.69) is 0 Å². The number of rotatable bonds is 6. The fraction of sp³-hybridized carbons (Fsp3) is 0.0800. The normalized spacial score (nSPS) is 11.6. The quantitative estimate of drug-likeness (QED) is 0.181. The lowest BCUT2D eigenvalue weighted by Gasteiger charge is -2.20. The fourth-order valence-electron chi connectivity index (χ4n) is 3.81. The first kappa shape index (κ1) is 23.0. The Morgan fingerprint density at radius 1 is 0.914 bits per heavy atom. The number of para-hydroxylation sites is 1. The molecule has 0 bridgehead atoms. The molecule has 1 amide bonds. The molecule has 10 nitrogen and oxygen atoms in total. The van der Waals surface area contributed by atoms with Crippen LogP contribution < -0.4 is 4.90 Å². The van der Waals surface area contributed by atoms with E-state index in [1.165, 1.54) is 18.2 Å². The van der Waals surface area contributed by atoms with Gasteiger partial charge in [0.05, 0.1) is 11.0 Å². The Labute approximate surface area is 198 Å².